The van der Waals surface area contributed by atoms with Gasteiger partial charge < -0.3 is 4.74 Å². The van der Waals surface area contributed by atoms with Gasteiger partial charge in [0.15, 0.2) is 0 Å². The Morgan fingerprint density at radius 3 is 2.46 bits per heavy atom. The Bertz CT molecular complexity index is 1000. The summed E-state index contributed by atoms with van der Waals surface area (Å²) in [5.41, 5.74) is 3.62. The number of benzene rings is 2. The minimum atomic E-state index is 0.387. The molecule has 4 rings (SSSR count). The molecule has 0 bridgehead atoms. The molecule has 2 aromatic carbocycles. The molecule has 0 N–H and O–H groups in total. The van der Waals surface area contributed by atoms with Gasteiger partial charge in [0.25, 0.3) is 0 Å². The van der Waals surface area contributed by atoms with Crippen molar-refractivity contribution in [2.24, 2.45) is 0 Å². The zero-order valence-electron chi connectivity index (χ0n) is 16.6. The Morgan fingerprint density at radius 2 is 1.79 bits per heavy atom. The molecule has 146 valence electrons. The number of ether oxygens (including phenoxy) is 1. The van der Waals surface area contributed by atoms with Gasteiger partial charge >= 0.3 is 0 Å². The number of methoxy groups -OCH3 is 1. The monoisotopic (exact) mass is 394 g/mol. The lowest BCUT2D eigenvalue weighted by molar-refractivity contribution is 0.189. The normalized spacial score (nSPS) is 17.2. The first-order chi connectivity index (χ1) is 13.6. The fourth-order valence-corrected chi connectivity index (χ4v) is 4.31. The molecular formula is C22H26N4OS. The lowest BCUT2D eigenvalue weighted by atomic mass is 10.0. The largest absolute Gasteiger partial charge is 0.497 e. The van der Waals surface area contributed by atoms with Crippen LogP contribution in [0.1, 0.15) is 35.8 Å². The maximum absolute atomic E-state index is 5.77. The van der Waals surface area contributed by atoms with Crippen molar-refractivity contribution >= 4 is 12.2 Å². The number of nitrogens with zero attached hydrogens (tertiary/aromatic N) is 4. The van der Waals surface area contributed by atoms with Crippen LogP contribution in [0, 0.1) is 18.6 Å². The second kappa shape index (κ2) is 7.89. The van der Waals surface area contributed by atoms with Crippen molar-refractivity contribution in [2.45, 2.75) is 39.4 Å². The highest BCUT2D eigenvalue weighted by Crippen LogP contribution is 2.33. The molecule has 1 fully saturated rings. The first-order valence-electron chi connectivity index (χ1n) is 9.68. The van der Waals surface area contributed by atoms with E-state index in [4.69, 9.17) is 22.1 Å². The molecule has 1 aliphatic rings. The molecule has 0 aliphatic carbocycles. The Balaban J connectivity index is 1.59. The molecular weight excluding hydrogens is 368 g/mol. The van der Waals surface area contributed by atoms with Crippen molar-refractivity contribution in [2.75, 3.05) is 13.7 Å². The fourth-order valence-electron chi connectivity index (χ4n) is 3.97. The van der Waals surface area contributed by atoms with E-state index >= 15 is 0 Å². The third-order valence-electron chi connectivity index (χ3n) is 5.47. The predicted molar refractivity (Wildman–Crippen MR) is 114 cm³/mol. The Labute approximate surface area is 171 Å². The minimum absolute atomic E-state index is 0.387. The summed E-state index contributed by atoms with van der Waals surface area (Å²) in [7, 11) is 1.70. The molecule has 0 spiro atoms. The molecule has 1 saturated heterocycles. The van der Waals surface area contributed by atoms with E-state index in [1.54, 1.807) is 7.11 Å². The summed E-state index contributed by atoms with van der Waals surface area (Å²) in [5.74, 6) is 1.80. The van der Waals surface area contributed by atoms with Crippen LogP contribution < -0.4 is 4.74 Å². The number of likely N-dealkylation sites (tertiary alicyclic amines) is 1. The van der Waals surface area contributed by atoms with Crippen molar-refractivity contribution < 1.29 is 4.74 Å². The second-order valence-electron chi connectivity index (χ2n) is 7.39. The van der Waals surface area contributed by atoms with Crippen LogP contribution >= 0.6 is 12.2 Å². The predicted octanol–water partition coefficient (Wildman–Crippen LogP) is 4.82. The van der Waals surface area contributed by atoms with Crippen molar-refractivity contribution in [3.8, 4) is 11.4 Å². The van der Waals surface area contributed by atoms with Crippen molar-refractivity contribution in [1.82, 2.24) is 19.2 Å². The van der Waals surface area contributed by atoms with Crippen molar-refractivity contribution in [3.63, 3.8) is 0 Å². The van der Waals surface area contributed by atoms with Crippen LogP contribution in [0.5, 0.6) is 5.75 Å². The molecule has 1 atom stereocenters. The van der Waals surface area contributed by atoms with Crippen molar-refractivity contribution in [1.29, 1.82) is 0 Å². The molecule has 2 heterocycles. The first kappa shape index (κ1) is 18.9. The van der Waals surface area contributed by atoms with E-state index in [1.807, 2.05) is 28.3 Å². The van der Waals surface area contributed by atoms with Crippen LogP contribution in [0.4, 0.5) is 0 Å². The summed E-state index contributed by atoms with van der Waals surface area (Å²) in [6.45, 7) is 5.85. The number of rotatable bonds is 5. The maximum atomic E-state index is 5.77. The van der Waals surface area contributed by atoms with Crippen LogP contribution in [-0.4, -0.2) is 32.9 Å². The number of aryl methyl sites for hydroxylation is 2. The fraction of sp³-hybridized carbons (Fsp3) is 0.364. The Kier molecular flexibility index (Phi) is 5.33. The van der Waals surface area contributed by atoms with Gasteiger partial charge in [-0.3, -0.25) is 9.47 Å². The van der Waals surface area contributed by atoms with Crippen molar-refractivity contribution in [3.05, 3.63) is 70.3 Å². The third-order valence-corrected chi connectivity index (χ3v) is 5.87. The van der Waals surface area contributed by atoms with E-state index in [9.17, 15) is 0 Å². The number of hydrogen-bond donors (Lipinski definition) is 0. The molecule has 5 nitrogen and oxygen atoms in total. The van der Waals surface area contributed by atoms with E-state index in [0.29, 0.717) is 12.7 Å². The highest BCUT2D eigenvalue weighted by Gasteiger charge is 2.27. The quantitative estimate of drug-likeness (QED) is 0.581. The van der Waals surface area contributed by atoms with Gasteiger partial charge in [-0.25, -0.2) is 4.68 Å². The van der Waals surface area contributed by atoms with Gasteiger partial charge in [0, 0.05) is 18.3 Å². The van der Waals surface area contributed by atoms with Gasteiger partial charge in [-0.05, 0) is 68.7 Å². The van der Waals surface area contributed by atoms with Crippen LogP contribution in [-0.2, 0) is 6.67 Å². The van der Waals surface area contributed by atoms with Gasteiger partial charge in [0.05, 0.1) is 13.8 Å². The van der Waals surface area contributed by atoms with Crippen LogP contribution in [0.2, 0.25) is 0 Å². The maximum Gasteiger partial charge on any atom is 0.203 e. The highest BCUT2D eigenvalue weighted by atomic mass is 32.1. The molecule has 1 aliphatic heterocycles. The highest BCUT2D eigenvalue weighted by molar-refractivity contribution is 7.71. The molecule has 0 saturated carbocycles. The topological polar surface area (TPSA) is 35.2 Å². The van der Waals surface area contributed by atoms with E-state index < -0.39 is 0 Å². The van der Waals surface area contributed by atoms with E-state index in [1.165, 1.54) is 17.5 Å². The lowest BCUT2D eigenvalue weighted by Crippen LogP contribution is -2.27. The zero-order chi connectivity index (χ0) is 19.7. The van der Waals surface area contributed by atoms with Crippen LogP contribution in [0.3, 0.4) is 0 Å². The molecule has 0 amide bonds. The summed E-state index contributed by atoms with van der Waals surface area (Å²) in [6.07, 6.45) is 2.33. The Hall–Kier alpha value is -2.44. The Morgan fingerprint density at radius 1 is 1.07 bits per heavy atom. The van der Waals surface area contributed by atoms with Gasteiger partial charge in [0.1, 0.15) is 11.6 Å². The molecule has 0 unspecified atom stereocenters. The van der Waals surface area contributed by atoms with E-state index in [-0.39, 0.29) is 0 Å². The van der Waals surface area contributed by atoms with Gasteiger partial charge in [-0.1, -0.05) is 29.8 Å². The molecule has 28 heavy (non-hydrogen) atoms. The molecule has 6 heteroatoms. The molecule has 3 aromatic rings. The minimum Gasteiger partial charge on any atom is -0.497 e. The summed E-state index contributed by atoms with van der Waals surface area (Å²) < 4.78 is 10.0. The third kappa shape index (κ3) is 3.62. The van der Waals surface area contributed by atoms with Crippen LogP contribution in [0.25, 0.3) is 5.69 Å². The average molecular weight is 395 g/mol. The first-order valence-corrected chi connectivity index (χ1v) is 10.1. The lowest BCUT2D eigenvalue weighted by Gasteiger charge is -2.24. The molecule has 0 radical (unpaired) electrons. The van der Waals surface area contributed by atoms with Gasteiger partial charge in [-0.15, -0.1) is 0 Å². The summed E-state index contributed by atoms with van der Waals surface area (Å²) in [4.78, 5) is 2.46. The molecule has 1 aromatic heterocycles. The smallest absolute Gasteiger partial charge is 0.203 e. The number of hydrogen-bond acceptors (Lipinski definition) is 4. The second-order valence-corrected chi connectivity index (χ2v) is 7.75. The standard InChI is InChI=1S/C22H26N4OS/c1-16-6-10-19(11-7-16)26-17(2)23-25(22(26)28)15-24-14-4-5-21(24)18-8-12-20(27-3)13-9-18/h6-13,21H,4-5,14-15H2,1-3H3/t21-/m0/s1. The number of aromatic nitrogens is 3. The van der Waals surface area contributed by atoms with Gasteiger partial charge in [0.2, 0.25) is 4.77 Å². The summed E-state index contributed by atoms with van der Waals surface area (Å²) in [6, 6.07) is 17.2. The average Bonchev–Trinajstić information content (AvgIpc) is 3.27. The summed E-state index contributed by atoms with van der Waals surface area (Å²) in [5, 5.41) is 4.74. The SMILES string of the molecule is COc1ccc([C@@H]2CCCN2Cn2nc(C)n(-c3ccc(C)cc3)c2=S)cc1. The zero-order valence-corrected chi connectivity index (χ0v) is 17.4. The summed E-state index contributed by atoms with van der Waals surface area (Å²) >= 11 is 5.77. The van der Waals surface area contributed by atoms with Crippen LogP contribution in [0.15, 0.2) is 48.5 Å². The van der Waals surface area contributed by atoms with E-state index in [0.717, 1.165) is 35.0 Å². The van der Waals surface area contributed by atoms with Gasteiger partial charge in [-0.2, -0.15) is 5.10 Å². The van der Waals surface area contributed by atoms with E-state index in [2.05, 4.69) is 48.2 Å².